The van der Waals surface area contributed by atoms with Crippen LogP contribution in [0.1, 0.15) is 25.0 Å². The average molecular weight is 697 g/mol. The molecule has 0 N–H and O–H groups in total. The van der Waals surface area contributed by atoms with Gasteiger partial charge in [0.05, 0.1) is 11.0 Å². The molecule has 0 unspecified atom stereocenters. The van der Waals surface area contributed by atoms with Crippen LogP contribution in [0.25, 0.3) is 93.0 Å². The lowest BCUT2D eigenvalue weighted by Gasteiger charge is -2.21. The van der Waals surface area contributed by atoms with Gasteiger partial charge in [-0.25, -0.2) is 15.0 Å². The Morgan fingerprint density at radius 2 is 1.09 bits per heavy atom. The molecule has 10 aromatic rings. The second kappa shape index (κ2) is 11.3. The van der Waals surface area contributed by atoms with Gasteiger partial charge in [-0.2, -0.15) is 0 Å². The lowest BCUT2D eigenvalue weighted by molar-refractivity contribution is 0.660. The molecule has 0 spiro atoms. The van der Waals surface area contributed by atoms with Gasteiger partial charge in [-0.1, -0.05) is 135 Å². The zero-order chi connectivity index (χ0) is 35.3. The van der Waals surface area contributed by atoms with Crippen LogP contribution in [0.15, 0.2) is 158 Å². The molecule has 0 radical (unpaired) electrons. The van der Waals surface area contributed by atoms with Crippen LogP contribution in [-0.2, 0) is 5.41 Å². The van der Waals surface area contributed by atoms with Crippen LogP contribution in [-0.4, -0.2) is 19.5 Å². The molecule has 0 saturated heterocycles. The van der Waals surface area contributed by atoms with Gasteiger partial charge in [-0.3, -0.25) is 0 Å². The summed E-state index contributed by atoms with van der Waals surface area (Å²) in [6.45, 7) is 4.62. The molecule has 0 amide bonds. The Kier molecular flexibility index (Phi) is 6.43. The van der Waals surface area contributed by atoms with Crippen molar-refractivity contribution in [3.8, 4) is 51.0 Å². The Morgan fingerprint density at radius 3 is 1.89 bits per heavy atom. The lowest BCUT2D eigenvalue weighted by Crippen LogP contribution is -2.15. The second-order valence-electron chi connectivity index (χ2n) is 14.4. The van der Waals surface area contributed by atoms with Gasteiger partial charge in [0.2, 0.25) is 0 Å². The molecular formula is C48H32N4S. The molecule has 1 aliphatic carbocycles. The van der Waals surface area contributed by atoms with Crippen LogP contribution in [0.3, 0.4) is 0 Å². The number of fused-ring (bicyclic) bond motifs is 9. The van der Waals surface area contributed by atoms with E-state index in [1.165, 1.54) is 64.2 Å². The highest BCUT2D eigenvalue weighted by atomic mass is 32.1. The fraction of sp³-hybridized carbons (Fsp3) is 0.0625. The van der Waals surface area contributed by atoms with Crippen molar-refractivity contribution in [1.29, 1.82) is 0 Å². The van der Waals surface area contributed by atoms with Crippen molar-refractivity contribution in [3.63, 3.8) is 0 Å². The summed E-state index contributed by atoms with van der Waals surface area (Å²) in [6, 6.07) is 56.4. The summed E-state index contributed by atoms with van der Waals surface area (Å²) in [4.78, 5) is 15.6. The summed E-state index contributed by atoms with van der Waals surface area (Å²) >= 11 is 1.82. The Hall–Kier alpha value is -6.43. The first-order chi connectivity index (χ1) is 26.0. The molecule has 3 heterocycles. The van der Waals surface area contributed by atoms with Crippen LogP contribution >= 0.6 is 11.3 Å². The lowest BCUT2D eigenvalue weighted by atomic mass is 9.82. The van der Waals surface area contributed by atoms with Gasteiger partial charge in [0.1, 0.15) is 0 Å². The monoisotopic (exact) mass is 696 g/mol. The zero-order valence-corrected chi connectivity index (χ0v) is 30.0. The maximum atomic E-state index is 5.26. The number of thiophene rings is 1. The number of para-hydroxylation sites is 2. The maximum absolute atomic E-state index is 5.26. The van der Waals surface area contributed by atoms with Crippen LogP contribution in [0, 0.1) is 0 Å². The number of hydrogen-bond donors (Lipinski definition) is 0. The highest BCUT2D eigenvalue weighted by molar-refractivity contribution is 7.26. The summed E-state index contributed by atoms with van der Waals surface area (Å²) < 4.78 is 4.82. The second-order valence-corrected chi connectivity index (χ2v) is 15.5. The Morgan fingerprint density at radius 1 is 0.453 bits per heavy atom. The fourth-order valence-corrected chi connectivity index (χ4v) is 9.69. The number of hydrogen-bond acceptors (Lipinski definition) is 4. The quantitative estimate of drug-likeness (QED) is 0.184. The third kappa shape index (κ3) is 4.51. The van der Waals surface area contributed by atoms with E-state index in [1.807, 2.05) is 29.5 Å². The van der Waals surface area contributed by atoms with Gasteiger partial charge in [-0.15, -0.1) is 11.3 Å². The average Bonchev–Trinajstić information content (AvgIpc) is 3.83. The molecule has 11 rings (SSSR count). The van der Waals surface area contributed by atoms with Crippen molar-refractivity contribution >= 4 is 53.3 Å². The van der Waals surface area contributed by atoms with Crippen LogP contribution in [0.4, 0.5) is 0 Å². The topological polar surface area (TPSA) is 43.6 Å². The molecule has 0 atom stereocenters. The molecule has 0 aliphatic heterocycles. The number of rotatable bonds is 4. The number of nitrogens with zero attached hydrogens (tertiary/aromatic N) is 4. The fourth-order valence-electron chi connectivity index (χ4n) is 8.53. The van der Waals surface area contributed by atoms with Crippen molar-refractivity contribution in [2.45, 2.75) is 19.3 Å². The zero-order valence-electron chi connectivity index (χ0n) is 29.2. The summed E-state index contributed by atoms with van der Waals surface area (Å²) in [5, 5.41) is 4.89. The van der Waals surface area contributed by atoms with E-state index in [1.54, 1.807) is 0 Å². The molecular weight excluding hydrogens is 665 g/mol. The van der Waals surface area contributed by atoms with Crippen molar-refractivity contribution in [2.24, 2.45) is 0 Å². The molecule has 0 saturated carbocycles. The minimum absolute atomic E-state index is 0.126. The van der Waals surface area contributed by atoms with Crippen molar-refractivity contribution in [2.75, 3.05) is 0 Å². The van der Waals surface area contributed by atoms with Gasteiger partial charge < -0.3 is 4.57 Å². The summed E-state index contributed by atoms with van der Waals surface area (Å²) in [6.07, 6.45) is 0. The first-order valence-electron chi connectivity index (χ1n) is 18.0. The third-order valence-electron chi connectivity index (χ3n) is 11.1. The number of aromatic nitrogens is 4. The molecule has 0 bridgehead atoms. The van der Waals surface area contributed by atoms with Crippen LogP contribution in [0.5, 0.6) is 0 Å². The summed E-state index contributed by atoms with van der Waals surface area (Å²) in [5.41, 5.74) is 11.6. The van der Waals surface area contributed by atoms with Gasteiger partial charge in [-0.05, 0) is 58.7 Å². The van der Waals surface area contributed by atoms with Crippen LogP contribution in [0.2, 0.25) is 0 Å². The minimum atomic E-state index is -0.126. The molecule has 1 aliphatic rings. The van der Waals surface area contributed by atoms with Crippen molar-refractivity contribution in [3.05, 3.63) is 169 Å². The van der Waals surface area contributed by atoms with Crippen molar-refractivity contribution < 1.29 is 0 Å². The third-order valence-corrected chi connectivity index (χ3v) is 12.2. The van der Waals surface area contributed by atoms with Crippen LogP contribution < -0.4 is 0 Å². The first-order valence-corrected chi connectivity index (χ1v) is 18.9. The molecule has 3 aromatic heterocycles. The molecule has 53 heavy (non-hydrogen) atoms. The van der Waals surface area contributed by atoms with E-state index in [4.69, 9.17) is 15.0 Å². The molecule has 4 nitrogen and oxygen atoms in total. The maximum Gasteiger partial charge on any atom is 0.164 e. The minimum Gasteiger partial charge on any atom is -0.309 e. The predicted octanol–water partition coefficient (Wildman–Crippen LogP) is 12.6. The first kappa shape index (κ1) is 30.2. The van der Waals surface area contributed by atoms with Gasteiger partial charge in [0.15, 0.2) is 17.5 Å². The summed E-state index contributed by atoms with van der Waals surface area (Å²) in [7, 11) is 0. The van der Waals surface area contributed by atoms with E-state index in [-0.39, 0.29) is 5.41 Å². The highest BCUT2D eigenvalue weighted by Gasteiger charge is 2.35. The molecule has 5 heteroatoms. The van der Waals surface area contributed by atoms with Gasteiger partial charge >= 0.3 is 0 Å². The van der Waals surface area contributed by atoms with E-state index >= 15 is 0 Å². The van der Waals surface area contributed by atoms with E-state index in [0.29, 0.717) is 17.5 Å². The van der Waals surface area contributed by atoms with E-state index in [9.17, 15) is 0 Å². The Balaban J connectivity index is 1.10. The Bertz CT molecular complexity index is 3040. The summed E-state index contributed by atoms with van der Waals surface area (Å²) in [5.74, 6) is 2.01. The van der Waals surface area contributed by atoms with E-state index in [0.717, 1.165) is 22.4 Å². The van der Waals surface area contributed by atoms with E-state index < -0.39 is 0 Å². The van der Waals surface area contributed by atoms with Gasteiger partial charge in [0.25, 0.3) is 0 Å². The highest BCUT2D eigenvalue weighted by Crippen LogP contribution is 2.49. The molecule has 7 aromatic carbocycles. The SMILES string of the molecule is CC1(C)c2ccccc2-c2ccc(-c3nc(-c4ccccc4)nc(-c4cccc5sc6cc(-n7c8ccccc8c8ccccc87)ccc6c45)n3)cc21. The number of benzene rings is 7. The molecule has 0 fully saturated rings. The standard InChI is InChI=1S/C48H32N4S/c1-48(2)38-19-9-6-15-32(38)33-25-23-30(27-39(33)48)46-49-45(29-13-4-3-5-14-29)50-47(51-46)37-18-12-22-42-44(37)36-26-24-31(28-43(36)53-42)52-40-20-10-7-16-34(40)35-17-8-11-21-41(35)52/h3-28H,1-2H3. The smallest absolute Gasteiger partial charge is 0.164 e. The largest absolute Gasteiger partial charge is 0.309 e. The van der Waals surface area contributed by atoms with Crippen molar-refractivity contribution in [1.82, 2.24) is 19.5 Å². The van der Waals surface area contributed by atoms with Gasteiger partial charge in [0, 0.05) is 58.7 Å². The predicted molar refractivity (Wildman–Crippen MR) is 221 cm³/mol. The Labute approximate surface area is 310 Å². The van der Waals surface area contributed by atoms with E-state index in [2.05, 4.69) is 158 Å². The normalized spacial score (nSPS) is 13.2. The molecule has 250 valence electrons.